The summed E-state index contributed by atoms with van der Waals surface area (Å²) in [4.78, 5) is 25.9. The Labute approximate surface area is 153 Å². The molecule has 0 amide bonds. The van der Waals surface area contributed by atoms with Gasteiger partial charge in [0.05, 0.1) is 0 Å². The highest BCUT2D eigenvalue weighted by molar-refractivity contribution is 7.71. The molecule has 0 atom stereocenters. The van der Waals surface area contributed by atoms with E-state index in [0.717, 1.165) is 5.56 Å². The van der Waals surface area contributed by atoms with Crippen molar-refractivity contribution in [2.75, 3.05) is 0 Å². The minimum Gasteiger partial charge on any atom is -0.508 e. The molecule has 8 heteroatoms. The quantitative estimate of drug-likeness (QED) is 0.419. The smallest absolute Gasteiger partial charge is 0.279 e. The van der Waals surface area contributed by atoms with Crippen molar-refractivity contribution < 1.29 is 10.2 Å². The SMILES string of the molecule is O=c1[nH]c(=S)[nH]c(N=Cc2ccc(O)cc2)c1N=Cc1ccc(O)cc1. The Bertz CT molecular complexity index is 1080. The molecular weight excluding hydrogens is 352 g/mol. The van der Waals surface area contributed by atoms with Gasteiger partial charge in [0.15, 0.2) is 16.3 Å². The number of benzene rings is 2. The zero-order chi connectivity index (χ0) is 18.5. The lowest BCUT2D eigenvalue weighted by atomic mass is 10.2. The molecule has 0 unspecified atom stereocenters. The summed E-state index contributed by atoms with van der Waals surface area (Å²) < 4.78 is 0.136. The van der Waals surface area contributed by atoms with Gasteiger partial charge in [0.2, 0.25) is 0 Å². The molecule has 4 N–H and O–H groups in total. The van der Waals surface area contributed by atoms with Gasteiger partial charge in [-0.2, -0.15) is 0 Å². The van der Waals surface area contributed by atoms with E-state index in [9.17, 15) is 15.0 Å². The molecule has 26 heavy (non-hydrogen) atoms. The van der Waals surface area contributed by atoms with Gasteiger partial charge in [-0.25, -0.2) is 9.98 Å². The summed E-state index contributed by atoms with van der Waals surface area (Å²) >= 11 is 4.99. The van der Waals surface area contributed by atoms with E-state index in [0.29, 0.717) is 5.56 Å². The molecule has 3 rings (SSSR count). The molecule has 2 aromatic carbocycles. The van der Waals surface area contributed by atoms with Crippen molar-refractivity contribution in [2.24, 2.45) is 9.98 Å². The highest BCUT2D eigenvalue weighted by Crippen LogP contribution is 2.20. The van der Waals surface area contributed by atoms with Crippen LogP contribution >= 0.6 is 12.2 Å². The molecule has 0 bridgehead atoms. The monoisotopic (exact) mass is 366 g/mol. The number of phenolic OH excluding ortho intramolecular Hbond substituents is 2. The number of rotatable bonds is 4. The summed E-state index contributed by atoms with van der Waals surface area (Å²) in [6.07, 6.45) is 3.01. The molecule has 0 aliphatic carbocycles. The highest BCUT2D eigenvalue weighted by Gasteiger charge is 2.06. The van der Waals surface area contributed by atoms with Gasteiger partial charge < -0.3 is 15.2 Å². The summed E-state index contributed by atoms with van der Waals surface area (Å²) in [6.45, 7) is 0. The van der Waals surface area contributed by atoms with Crippen molar-refractivity contribution in [3.8, 4) is 11.5 Å². The third kappa shape index (κ3) is 4.31. The number of hydrogen-bond acceptors (Lipinski definition) is 6. The first-order valence-electron chi connectivity index (χ1n) is 7.54. The van der Waals surface area contributed by atoms with Crippen LogP contribution in [0.15, 0.2) is 63.3 Å². The lowest BCUT2D eigenvalue weighted by molar-refractivity contribution is 0.475. The van der Waals surface area contributed by atoms with Crippen molar-refractivity contribution >= 4 is 36.2 Å². The Hall–Kier alpha value is -3.52. The van der Waals surface area contributed by atoms with Crippen LogP contribution in [-0.2, 0) is 0 Å². The Kier molecular flexibility index (Phi) is 5.04. The van der Waals surface area contributed by atoms with E-state index < -0.39 is 5.56 Å². The van der Waals surface area contributed by atoms with Gasteiger partial charge in [-0.15, -0.1) is 0 Å². The lowest BCUT2D eigenvalue weighted by Crippen LogP contribution is -2.07. The van der Waals surface area contributed by atoms with E-state index in [2.05, 4.69) is 20.0 Å². The summed E-state index contributed by atoms with van der Waals surface area (Å²) in [7, 11) is 0. The van der Waals surface area contributed by atoms with Crippen LogP contribution in [0.25, 0.3) is 0 Å². The maximum Gasteiger partial charge on any atom is 0.279 e. The van der Waals surface area contributed by atoms with Crippen LogP contribution in [0.1, 0.15) is 11.1 Å². The summed E-state index contributed by atoms with van der Waals surface area (Å²) in [5, 5.41) is 18.6. The minimum atomic E-state index is -0.471. The van der Waals surface area contributed by atoms with Crippen LogP contribution in [0.3, 0.4) is 0 Å². The third-order valence-electron chi connectivity index (χ3n) is 3.37. The number of nitrogens with one attached hydrogen (secondary N) is 2. The van der Waals surface area contributed by atoms with Crippen molar-refractivity contribution in [1.29, 1.82) is 0 Å². The lowest BCUT2D eigenvalue weighted by Gasteiger charge is -2.00. The molecule has 130 valence electrons. The first-order valence-corrected chi connectivity index (χ1v) is 7.95. The van der Waals surface area contributed by atoms with Crippen LogP contribution in [-0.4, -0.2) is 32.6 Å². The van der Waals surface area contributed by atoms with Gasteiger partial charge in [-0.3, -0.25) is 9.78 Å². The minimum absolute atomic E-state index is 0.0710. The average molecular weight is 366 g/mol. The van der Waals surface area contributed by atoms with Crippen molar-refractivity contribution in [3.63, 3.8) is 0 Å². The van der Waals surface area contributed by atoms with Crippen LogP contribution < -0.4 is 5.56 Å². The second kappa shape index (κ2) is 7.58. The Morgan fingerprint density at radius 3 is 1.85 bits per heavy atom. The average Bonchev–Trinajstić information content (AvgIpc) is 2.62. The van der Waals surface area contributed by atoms with Gasteiger partial charge in [-0.1, -0.05) is 0 Å². The van der Waals surface area contributed by atoms with E-state index in [1.165, 1.54) is 36.7 Å². The zero-order valence-electron chi connectivity index (χ0n) is 13.4. The molecule has 0 aliphatic heterocycles. The van der Waals surface area contributed by atoms with Crippen molar-refractivity contribution in [2.45, 2.75) is 0 Å². The van der Waals surface area contributed by atoms with Gasteiger partial charge in [0.25, 0.3) is 5.56 Å². The molecule has 3 aromatic rings. The largest absolute Gasteiger partial charge is 0.508 e. The summed E-state index contributed by atoms with van der Waals surface area (Å²) in [5.41, 5.74) is 1.04. The van der Waals surface area contributed by atoms with E-state index in [1.54, 1.807) is 24.3 Å². The molecule has 0 saturated heterocycles. The number of phenols is 2. The molecule has 0 aliphatic rings. The predicted molar refractivity (Wildman–Crippen MR) is 103 cm³/mol. The first-order chi connectivity index (χ1) is 12.5. The molecule has 1 heterocycles. The second-order valence-corrected chi connectivity index (χ2v) is 5.71. The van der Waals surface area contributed by atoms with Gasteiger partial charge in [0.1, 0.15) is 11.5 Å². The number of aromatic amines is 2. The first kappa shape index (κ1) is 17.3. The maximum atomic E-state index is 12.2. The number of aromatic hydroxyl groups is 2. The Morgan fingerprint density at radius 1 is 0.808 bits per heavy atom. The summed E-state index contributed by atoms with van der Waals surface area (Å²) in [6, 6.07) is 12.8. The van der Waals surface area contributed by atoms with Crippen LogP contribution in [0, 0.1) is 4.77 Å². The summed E-state index contributed by atoms with van der Waals surface area (Å²) in [5.74, 6) is 0.502. The fraction of sp³-hybridized carbons (Fsp3) is 0. The predicted octanol–water partition coefficient (Wildman–Crippen LogP) is 3.34. The highest BCUT2D eigenvalue weighted by atomic mass is 32.1. The van der Waals surface area contributed by atoms with E-state index in [-0.39, 0.29) is 27.8 Å². The van der Waals surface area contributed by atoms with Crippen molar-refractivity contribution in [3.05, 3.63) is 74.8 Å². The number of aliphatic imine (C=N–C) groups is 2. The normalized spacial score (nSPS) is 11.4. The van der Waals surface area contributed by atoms with Gasteiger partial charge in [0, 0.05) is 12.4 Å². The molecule has 0 saturated carbocycles. The van der Waals surface area contributed by atoms with Crippen molar-refractivity contribution in [1.82, 2.24) is 9.97 Å². The zero-order valence-corrected chi connectivity index (χ0v) is 14.2. The molecular formula is C18H14N4O3S. The molecule has 1 aromatic heterocycles. The number of aromatic nitrogens is 2. The van der Waals surface area contributed by atoms with Crippen LogP contribution in [0.4, 0.5) is 11.5 Å². The van der Waals surface area contributed by atoms with Gasteiger partial charge >= 0.3 is 0 Å². The van der Waals surface area contributed by atoms with E-state index in [1.807, 2.05) is 0 Å². The topological polar surface area (TPSA) is 114 Å². The number of hydrogen-bond donors (Lipinski definition) is 4. The van der Waals surface area contributed by atoms with Crippen LogP contribution in [0.2, 0.25) is 0 Å². The van der Waals surface area contributed by atoms with Gasteiger partial charge in [-0.05, 0) is 71.9 Å². The standard InChI is InChI=1S/C18H14N4O3S/c23-13-5-1-11(2-6-13)9-19-15-16(21-18(26)22-17(15)25)20-10-12-3-7-14(24)8-4-12/h1-10,23-24H,(H2,21,22,25,26). The van der Waals surface area contributed by atoms with Crippen LogP contribution in [0.5, 0.6) is 11.5 Å². The fourth-order valence-corrected chi connectivity index (χ4v) is 2.27. The Morgan fingerprint density at radius 2 is 1.31 bits per heavy atom. The number of H-pyrrole nitrogens is 2. The molecule has 0 radical (unpaired) electrons. The third-order valence-corrected chi connectivity index (χ3v) is 3.57. The second-order valence-electron chi connectivity index (χ2n) is 5.30. The molecule has 7 nitrogen and oxygen atoms in total. The maximum absolute atomic E-state index is 12.2. The van der Waals surface area contributed by atoms with E-state index >= 15 is 0 Å². The fourth-order valence-electron chi connectivity index (χ4n) is 2.08. The number of nitrogens with zero attached hydrogens (tertiary/aromatic N) is 2. The molecule has 0 fully saturated rings. The molecule has 0 spiro atoms. The Balaban J connectivity index is 1.97. The van der Waals surface area contributed by atoms with E-state index in [4.69, 9.17) is 12.2 Å².